The molecule has 0 spiro atoms. The van der Waals surface area contributed by atoms with E-state index in [2.05, 4.69) is 63.4 Å². The number of carboxylic acid groups (broad SMARTS) is 2. The molecule has 0 unspecified atom stereocenters. The lowest BCUT2D eigenvalue weighted by atomic mass is 10.1. The molecular formula is C21H29N3O5. The molecule has 0 amide bonds. The summed E-state index contributed by atoms with van der Waals surface area (Å²) >= 11 is 0. The third kappa shape index (κ3) is 8.91. The summed E-state index contributed by atoms with van der Waals surface area (Å²) in [5.74, 6) is -3.65. The Morgan fingerprint density at radius 1 is 0.966 bits per heavy atom. The monoisotopic (exact) mass is 403 g/mol. The Bertz CT molecular complexity index is 730. The number of nitrogens with zero attached hydrogens (tertiary/aromatic N) is 2. The van der Waals surface area contributed by atoms with Gasteiger partial charge >= 0.3 is 11.9 Å². The van der Waals surface area contributed by atoms with Crippen molar-refractivity contribution in [2.75, 3.05) is 39.4 Å². The highest BCUT2D eigenvalue weighted by atomic mass is 16.5. The van der Waals surface area contributed by atoms with Gasteiger partial charge in [-0.3, -0.25) is 4.90 Å². The molecule has 0 saturated carbocycles. The van der Waals surface area contributed by atoms with Crippen molar-refractivity contribution in [1.29, 1.82) is 0 Å². The second-order valence-corrected chi connectivity index (χ2v) is 6.67. The minimum atomic E-state index is -1.82. The van der Waals surface area contributed by atoms with Crippen LogP contribution in [0.15, 0.2) is 48.7 Å². The lowest BCUT2D eigenvalue weighted by Gasteiger charge is -2.27. The number of carbonyl (C=O) groups is 2. The maximum absolute atomic E-state index is 9.10. The summed E-state index contributed by atoms with van der Waals surface area (Å²) in [5.41, 5.74) is 2.76. The SMILES string of the molecule is O=C(O)C(=O)O.c1ccc(CCNCc2cccn2CCN2CCOCC2)cc1. The zero-order chi connectivity index (χ0) is 20.9. The molecule has 1 fully saturated rings. The average molecular weight is 403 g/mol. The molecule has 8 heteroatoms. The zero-order valence-electron chi connectivity index (χ0n) is 16.5. The predicted octanol–water partition coefficient (Wildman–Crippen LogP) is 1.31. The lowest BCUT2D eigenvalue weighted by molar-refractivity contribution is -0.159. The van der Waals surface area contributed by atoms with E-state index in [9.17, 15) is 0 Å². The molecule has 1 aliphatic rings. The summed E-state index contributed by atoms with van der Waals surface area (Å²) in [6.45, 7) is 7.98. The fourth-order valence-corrected chi connectivity index (χ4v) is 3.00. The first-order valence-corrected chi connectivity index (χ1v) is 9.71. The molecule has 1 saturated heterocycles. The van der Waals surface area contributed by atoms with Crippen molar-refractivity contribution in [2.45, 2.75) is 19.5 Å². The van der Waals surface area contributed by atoms with Gasteiger partial charge in [0.05, 0.1) is 13.2 Å². The molecule has 2 heterocycles. The number of aromatic nitrogens is 1. The van der Waals surface area contributed by atoms with Crippen molar-refractivity contribution < 1.29 is 24.5 Å². The number of benzene rings is 1. The van der Waals surface area contributed by atoms with Gasteiger partial charge in [0, 0.05) is 44.6 Å². The average Bonchev–Trinajstić information content (AvgIpc) is 3.19. The topological polar surface area (TPSA) is 104 Å². The number of nitrogens with one attached hydrogen (secondary N) is 1. The van der Waals surface area contributed by atoms with E-state index in [1.807, 2.05) is 0 Å². The Kier molecular flexibility index (Phi) is 9.91. The highest BCUT2D eigenvalue weighted by molar-refractivity contribution is 6.27. The number of ether oxygens (including phenoxy) is 1. The lowest BCUT2D eigenvalue weighted by Crippen LogP contribution is -2.38. The van der Waals surface area contributed by atoms with E-state index in [4.69, 9.17) is 24.5 Å². The largest absolute Gasteiger partial charge is 0.473 e. The van der Waals surface area contributed by atoms with Gasteiger partial charge in [0.2, 0.25) is 0 Å². The van der Waals surface area contributed by atoms with Gasteiger partial charge < -0.3 is 24.8 Å². The number of hydrogen-bond acceptors (Lipinski definition) is 5. The van der Waals surface area contributed by atoms with Gasteiger partial charge in [-0.05, 0) is 30.7 Å². The molecule has 3 N–H and O–H groups in total. The number of morpholine rings is 1. The quantitative estimate of drug-likeness (QED) is 0.451. The fraction of sp³-hybridized carbons (Fsp3) is 0.429. The predicted molar refractivity (Wildman–Crippen MR) is 109 cm³/mol. The molecule has 2 aromatic rings. The van der Waals surface area contributed by atoms with Crippen LogP contribution in [0.5, 0.6) is 0 Å². The Balaban J connectivity index is 0.000000438. The Hall–Kier alpha value is -2.68. The van der Waals surface area contributed by atoms with Gasteiger partial charge in [0.25, 0.3) is 0 Å². The zero-order valence-corrected chi connectivity index (χ0v) is 16.5. The van der Waals surface area contributed by atoms with Crippen LogP contribution in [0, 0.1) is 0 Å². The van der Waals surface area contributed by atoms with Crippen molar-refractivity contribution >= 4 is 11.9 Å². The first-order valence-electron chi connectivity index (χ1n) is 9.71. The second kappa shape index (κ2) is 12.7. The third-order valence-electron chi connectivity index (χ3n) is 4.61. The first-order chi connectivity index (χ1) is 14.1. The van der Waals surface area contributed by atoms with Gasteiger partial charge in [0.1, 0.15) is 0 Å². The highest BCUT2D eigenvalue weighted by Gasteiger charge is 2.10. The fourth-order valence-electron chi connectivity index (χ4n) is 3.00. The van der Waals surface area contributed by atoms with E-state index in [1.54, 1.807) is 0 Å². The molecule has 0 bridgehead atoms. The molecule has 0 atom stereocenters. The van der Waals surface area contributed by atoms with Crippen LogP contribution in [-0.4, -0.2) is 71.0 Å². The van der Waals surface area contributed by atoms with Crippen LogP contribution in [0.2, 0.25) is 0 Å². The van der Waals surface area contributed by atoms with Crippen LogP contribution in [0.1, 0.15) is 11.3 Å². The first kappa shape index (κ1) is 22.6. The molecule has 8 nitrogen and oxygen atoms in total. The summed E-state index contributed by atoms with van der Waals surface area (Å²) in [4.78, 5) is 20.7. The van der Waals surface area contributed by atoms with Crippen LogP contribution in [0.25, 0.3) is 0 Å². The van der Waals surface area contributed by atoms with Crippen LogP contribution in [0.4, 0.5) is 0 Å². The minimum absolute atomic E-state index is 0.875. The van der Waals surface area contributed by atoms with E-state index in [0.717, 1.165) is 58.9 Å². The number of carboxylic acids is 2. The van der Waals surface area contributed by atoms with Crippen LogP contribution in [-0.2, 0) is 33.8 Å². The van der Waals surface area contributed by atoms with Gasteiger partial charge in [-0.2, -0.15) is 0 Å². The second-order valence-electron chi connectivity index (χ2n) is 6.67. The summed E-state index contributed by atoms with van der Waals surface area (Å²) in [5, 5.41) is 18.3. The molecule has 3 rings (SSSR count). The molecule has 1 aromatic carbocycles. The van der Waals surface area contributed by atoms with E-state index in [0.29, 0.717) is 0 Å². The molecule has 158 valence electrons. The van der Waals surface area contributed by atoms with Gasteiger partial charge in [0.15, 0.2) is 0 Å². The Labute approximate surface area is 170 Å². The molecule has 29 heavy (non-hydrogen) atoms. The maximum Gasteiger partial charge on any atom is 0.414 e. The Morgan fingerprint density at radius 3 is 2.31 bits per heavy atom. The van der Waals surface area contributed by atoms with Gasteiger partial charge in [-0.1, -0.05) is 30.3 Å². The van der Waals surface area contributed by atoms with Crippen molar-refractivity contribution in [3.8, 4) is 0 Å². The number of aliphatic carboxylic acids is 2. The third-order valence-corrected chi connectivity index (χ3v) is 4.61. The van der Waals surface area contributed by atoms with Crippen molar-refractivity contribution in [3.05, 3.63) is 59.9 Å². The van der Waals surface area contributed by atoms with Gasteiger partial charge in [-0.25, -0.2) is 9.59 Å². The summed E-state index contributed by atoms with van der Waals surface area (Å²) in [6.07, 6.45) is 3.27. The van der Waals surface area contributed by atoms with E-state index in [-0.39, 0.29) is 0 Å². The maximum atomic E-state index is 9.10. The smallest absolute Gasteiger partial charge is 0.414 e. The van der Waals surface area contributed by atoms with E-state index in [1.165, 1.54) is 11.3 Å². The van der Waals surface area contributed by atoms with Crippen LogP contribution < -0.4 is 5.32 Å². The van der Waals surface area contributed by atoms with Crippen LogP contribution >= 0.6 is 0 Å². The molecular weight excluding hydrogens is 374 g/mol. The molecule has 0 radical (unpaired) electrons. The normalized spacial score (nSPS) is 14.1. The summed E-state index contributed by atoms with van der Waals surface area (Å²) < 4.78 is 7.77. The molecule has 1 aromatic heterocycles. The highest BCUT2D eigenvalue weighted by Crippen LogP contribution is 2.05. The summed E-state index contributed by atoms with van der Waals surface area (Å²) in [7, 11) is 0. The van der Waals surface area contributed by atoms with Crippen LogP contribution in [0.3, 0.4) is 0 Å². The summed E-state index contributed by atoms with van der Waals surface area (Å²) in [6, 6.07) is 15.0. The van der Waals surface area contributed by atoms with Crippen molar-refractivity contribution in [1.82, 2.24) is 14.8 Å². The Morgan fingerprint density at radius 2 is 1.66 bits per heavy atom. The number of hydrogen-bond donors (Lipinski definition) is 3. The van der Waals surface area contributed by atoms with Crippen molar-refractivity contribution in [2.24, 2.45) is 0 Å². The van der Waals surface area contributed by atoms with Crippen molar-refractivity contribution in [3.63, 3.8) is 0 Å². The number of rotatable bonds is 8. The van der Waals surface area contributed by atoms with Gasteiger partial charge in [-0.15, -0.1) is 0 Å². The van der Waals surface area contributed by atoms with E-state index < -0.39 is 11.9 Å². The molecule has 1 aliphatic heterocycles. The van der Waals surface area contributed by atoms with E-state index >= 15 is 0 Å². The molecule has 0 aliphatic carbocycles. The minimum Gasteiger partial charge on any atom is -0.473 e. The standard InChI is InChI=1S/C19H27N3O.C2H2O4/c1-2-5-18(6-3-1)8-9-20-17-19-7-4-10-22(19)12-11-21-13-15-23-16-14-21;3-1(4)2(5)6/h1-7,10,20H,8-9,11-17H2;(H,3,4)(H,5,6).